The molecule has 0 amide bonds. The first-order valence-corrected chi connectivity index (χ1v) is 10.6. The number of hydrogen-bond donors (Lipinski definition) is 0. The van der Waals surface area contributed by atoms with E-state index in [9.17, 15) is 13.2 Å². The first-order valence-electron chi connectivity index (χ1n) is 8.00. The molecular weight excluding hydrogens is 442 g/mol. The van der Waals surface area contributed by atoms with E-state index in [4.69, 9.17) is 16.3 Å². The number of hydrogen-bond acceptors (Lipinski definition) is 4. The molecule has 26 heavy (non-hydrogen) atoms. The van der Waals surface area contributed by atoms with Crippen molar-refractivity contribution in [2.24, 2.45) is 0 Å². The molecule has 0 unspecified atom stereocenters. The Labute approximate surface area is 167 Å². The maximum atomic E-state index is 12.6. The average Bonchev–Trinajstić information content (AvgIpc) is 2.62. The smallest absolute Gasteiger partial charge is 0.340 e. The first-order chi connectivity index (χ1) is 12.3. The third-order valence-electron chi connectivity index (χ3n) is 3.78. The average molecular weight is 461 g/mol. The van der Waals surface area contributed by atoms with Crippen molar-refractivity contribution in [1.29, 1.82) is 0 Å². The fourth-order valence-electron chi connectivity index (χ4n) is 2.34. The second-order valence-electron chi connectivity index (χ2n) is 5.43. The minimum atomic E-state index is -3.68. The molecule has 2 aromatic carbocycles. The highest BCUT2D eigenvalue weighted by Crippen LogP contribution is 2.24. The number of ether oxygens (including phenoxy) is 1. The Balaban J connectivity index is 2.23. The van der Waals surface area contributed by atoms with Crippen LogP contribution in [0.1, 0.15) is 29.8 Å². The molecule has 2 aromatic rings. The van der Waals surface area contributed by atoms with Crippen LogP contribution < -0.4 is 0 Å². The lowest BCUT2D eigenvalue weighted by molar-refractivity contribution is 0.0472. The summed E-state index contributed by atoms with van der Waals surface area (Å²) in [6, 6.07) is 11.4. The molecule has 0 saturated carbocycles. The lowest BCUT2D eigenvalue weighted by atomic mass is 10.2. The molecule has 0 aliphatic carbocycles. The van der Waals surface area contributed by atoms with Crippen molar-refractivity contribution in [2.75, 3.05) is 13.1 Å². The van der Waals surface area contributed by atoms with Gasteiger partial charge in [-0.05, 0) is 35.9 Å². The maximum absolute atomic E-state index is 12.6. The van der Waals surface area contributed by atoms with Gasteiger partial charge in [-0.25, -0.2) is 13.2 Å². The minimum Gasteiger partial charge on any atom is -0.457 e. The Bertz CT molecular complexity index is 881. The Morgan fingerprint density at radius 1 is 1.12 bits per heavy atom. The summed E-state index contributed by atoms with van der Waals surface area (Å²) >= 11 is 9.41. The van der Waals surface area contributed by atoms with E-state index in [0.29, 0.717) is 13.1 Å². The van der Waals surface area contributed by atoms with Crippen LogP contribution in [0.15, 0.2) is 51.8 Å². The second-order valence-corrected chi connectivity index (χ2v) is 8.69. The zero-order valence-electron chi connectivity index (χ0n) is 14.4. The fourth-order valence-corrected chi connectivity index (χ4v) is 4.28. The van der Waals surface area contributed by atoms with E-state index >= 15 is 0 Å². The molecule has 0 aliphatic heterocycles. The van der Waals surface area contributed by atoms with Crippen molar-refractivity contribution in [1.82, 2.24) is 4.31 Å². The molecule has 0 aromatic heterocycles. The van der Waals surface area contributed by atoms with E-state index < -0.39 is 16.0 Å². The van der Waals surface area contributed by atoms with E-state index in [1.165, 1.54) is 22.5 Å². The third kappa shape index (κ3) is 4.85. The van der Waals surface area contributed by atoms with Gasteiger partial charge in [-0.15, -0.1) is 0 Å². The predicted molar refractivity (Wildman–Crippen MR) is 105 cm³/mol. The molecule has 0 N–H and O–H groups in total. The van der Waals surface area contributed by atoms with Gasteiger partial charge in [0.2, 0.25) is 10.0 Å². The van der Waals surface area contributed by atoms with Gasteiger partial charge in [0, 0.05) is 17.6 Å². The van der Waals surface area contributed by atoms with E-state index in [2.05, 4.69) is 15.9 Å². The molecule has 0 radical (unpaired) electrons. The van der Waals surface area contributed by atoms with Gasteiger partial charge in [0.25, 0.3) is 0 Å². The first kappa shape index (κ1) is 20.9. The lowest BCUT2D eigenvalue weighted by Gasteiger charge is -2.19. The molecule has 140 valence electrons. The zero-order valence-corrected chi connectivity index (χ0v) is 17.6. The van der Waals surface area contributed by atoms with Gasteiger partial charge in [-0.1, -0.05) is 53.5 Å². The van der Waals surface area contributed by atoms with Crippen LogP contribution in [0.25, 0.3) is 0 Å². The Morgan fingerprint density at radius 3 is 2.31 bits per heavy atom. The third-order valence-corrected chi connectivity index (χ3v) is 6.69. The van der Waals surface area contributed by atoms with Crippen LogP contribution in [0.4, 0.5) is 0 Å². The van der Waals surface area contributed by atoms with E-state index in [0.717, 1.165) is 10.0 Å². The van der Waals surface area contributed by atoms with Crippen LogP contribution in [0, 0.1) is 0 Å². The largest absolute Gasteiger partial charge is 0.457 e. The molecule has 0 bridgehead atoms. The van der Waals surface area contributed by atoms with Crippen LogP contribution in [0.5, 0.6) is 0 Å². The van der Waals surface area contributed by atoms with Crippen molar-refractivity contribution in [3.05, 3.63) is 63.1 Å². The van der Waals surface area contributed by atoms with Gasteiger partial charge >= 0.3 is 5.97 Å². The molecule has 5 nitrogen and oxygen atoms in total. The number of sulfonamides is 1. The molecule has 0 heterocycles. The number of rotatable bonds is 7. The summed E-state index contributed by atoms with van der Waals surface area (Å²) in [5, 5.41) is 0.143. The molecule has 0 aliphatic rings. The summed E-state index contributed by atoms with van der Waals surface area (Å²) in [6.07, 6.45) is 0. The maximum Gasteiger partial charge on any atom is 0.340 e. The SMILES string of the molecule is CCN(CC)S(=O)(=O)c1ccc(Cl)c(C(=O)OCc2ccc(Br)cc2)c1. The molecule has 0 spiro atoms. The fraction of sp³-hybridized carbons (Fsp3) is 0.278. The van der Waals surface area contributed by atoms with Gasteiger partial charge in [-0.2, -0.15) is 4.31 Å². The minimum absolute atomic E-state index is 0.0150. The Kier molecular flexibility index (Phi) is 7.23. The zero-order chi connectivity index (χ0) is 19.3. The normalized spacial score (nSPS) is 11.6. The van der Waals surface area contributed by atoms with Crippen molar-refractivity contribution in [3.8, 4) is 0 Å². The Hall–Kier alpha value is -1.41. The van der Waals surface area contributed by atoms with Crippen molar-refractivity contribution in [3.63, 3.8) is 0 Å². The van der Waals surface area contributed by atoms with Gasteiger partial charge in [-0.3, -0.25) is 0 Å². The second kappa shape index (κ2) is 8.99. The summed E-state index contributed by atoms with van der Waals surface area (Å²) in [5.41, 5.74) is 0.835. The van der Waals surface area contributed by atoms with Crippen LogP contribution in [-0.4, -0.2) is 31.8 Å². The van der Waals surface area contributed by atoms with E-state index in [1.807, 2.05) is 24.3 Å². The number of carbonyl (C=O) groups excluding carboxylic acids is 1. The highest BCUT2D eigenvalue weighted by atomic mass is 79.9. The number of esters is 1. The molecule has 8 heteroatoms. The number of halogens is 2. The summed E-state index contributed by atoms with van der Waals surface area (Å²) in [6.45, 7) is 4.25. The van der Waals surface area contributed by atoms with Crippen LogP contribution in [-0.2, 0) is 21.4 Å². The predicted octanol–water partition coefficient (Wildman–Crippen LogP) is 4.49. The summed E-state index contributed by atoms with van der Waals surface area (Å²) in [7, 11) is -3.68. The summed E-state index contributed by atoms with van der Waals surface area (Å²) < 4.78 is 32.7. The topological polar surface area (TPSA) is 63.7 Å². The van der Waals surface area contributed by atoms with Gasteiger partial charge < -0.3 is 4.74 Å². The van der Waals surface area contributed by atoms with Gasteiger partial charge in [0.05, 0.1) is 15.5 Å². The van der Waals surface area contributed by atoms with E-state index in [-0.39, 0.29) is 22.1 Å². The molecular formula is C18H19BrClNO4S. The number of carbonyl (C=O) groups is 1. The van der Waals surface area contributed by atoms with Gasteiger partial charge in [0.1, 0.15) is 6.61 Å². The summed E-state index contributed by atoms with van der Waals surface area (Å²) in [5.74, 6) is -0.672. The van der Waals surface area contributed by atoms with Crippen LogP contribution in [0.3, 0.4) is 0 Å². The van der Waals surface area contributed by atoms with Crippen molar-refractivity contribution < 1.29 is 17.9 Å². The summed E-state index contributed by atoms with van der Waals surface area (Å²) in [4.78, 5) is 12.4. The van der Waals surface area contributed by atoms with Gasteiger partial charge in [0.15, 0.2) is 0 Å². The van der Waals surface area contributed by atoms with Crippen molar-refractivity contribution >= 4 is 43.5 Å². The monoisotopic (exact) mass is 459 g/mol. The van der Waals surface area contributed by atoms with E-state index in [1.54, 1.807) is 13.8 Å². The molecule has 2 rings (SSSR count). The highest BCUT2D eigenvalue weighted by Gasteiger charge is 2.24. The molecule has 0 fully saturated rings. The molecule has 0 saturated heterocycles. The standard InChI is InChI=1S/C18H19BrClNO4S/c1-3-21(4-2)26(23,24)15-9-10-17(20)16(11-15)18(22)25-12-13-5-7-14(19)8-6-13/h5-11H,3-4,12H2,1-2H3. The Morgan fingerprint density at radius 2 is 1.73 bits per heavy atom. The van der Waals surface area contributed by atoms with Crippen molar-refractivity contribution in [2.45, 2.75) is 25.3 Å². The van der Waals surface area contributed by atoms with Crippen LogP contribution >= 0.6 is 27.5 Å². The highest BCUT2D eigenvalue weighted by molar-refractivity contribution is 9.10. The lowest BCUT2D eigenvalue weighted by Crippen LogP contribution is -2.30. The number of benzene rings is 2. The number of nitrogens with zero attached hydrogens (tertiary/aromatic N) is 1. The molecule has 0 atom stereocenters. The quantitative estimate of drug-likeness (QED) is 0.571. The van der Waals surface area contributed by atoms with Crippen LogP contribution in [0.2, 0.25) is 5.02 Å².